The highest BCUT2D eigenvalue weighted by Crippen LogP contribution is 2.40. The van der Waals surface area contributed by atoms with Crippen molar-refractivity contribution in [2.75, 3.05) is 11.5 Å². The maximum absolute atomic E-state index is 13.3. The predicted octanol–water partition coefficient (Wildman–Crippen LogP) is 5.13. The van der Waals surface area contributed by atoms with Crippen molar-refractivity contribution in [3.05, 3.63) is 33.9 Å². The Labute approximate surface area is 162 Å². The Kier molecular flexibility index (Phi) is 5.96. The third-order valence-electron chi connectivity index (χ3n) is 5.53. The Morgan fingerprint density at radius 2 is 1.89 bits per heavy atom. The molecule has 1 aliphatic rings. The lowest BCUT2D eigenvalue weighted by atomic mass is 10.1. The lowest BCUT2D eigenvalue weighted by molar-refractivity contribution is -0.388. The summed E-state index contributed by atoms with van der Waals surface area (Å²) in [4.78, 5) is 23.5. The Bertz CT molecular complexity index is 775. The summed E-state index contributed by atoms with van der Waals surface area (Å²) in [6.07, 6.45) is -4.23. The summed E-state index contributed by atoms with van der Waals surface area (Å²) in [6.45, 7) is 10.6. The number of carbonyl (C=O) groups is 1. The van der Waals surface area contributed by atoms with Gasteiger partial charge in [-0.3, -0.25) is 14.9 Å². The standard InChI is InChI=1S/C18H25F3N2O4Si/c1-17(2,3)28(4,5)27-11-13-7-9-16(24)22(13)12-6-8-15(23(25)26)14(10-12)18(19,20)21/h6,8,10,13H,7,9,11H2,1-5H3/t13-/m1/s1. The molecule has 28 heavy (non-hydrogen) atoms. The number of nitro groups is 1. The van der Waals surface area contributed by atoms with E-state index in [1.165, 1.54) is 11.0 Å². The van der Waals surface area contributed by atoms with Crippen LogP contribution in [-0.2, 0) is 15.4 Å². The van der Waals surface area contributed by atoms with Gasteiger partial charge in [0.1, 0.15) is 5.56 Å². The molecule has 1 atom stereocenters. The second-order valence-corrected chi connectivity index (χ2v) is 13.3. The molecule has 156 valence electrons. The lowest BCUT2D eigenvalue weighted by Crippen LogP contribution is -2.45. The van der Waals surface area contributed by atoms with Crippen molar-refractivity contribution >= 4 is 25.6 Å². The summed E-state index contributed by atoms with van der Waals surface area (Å²) in [5, 5.41) is 10.9. The van der Waals surface area contributed by atoms with Gasteiger partial charge in [0, 0.05) is 18.2 Å². The molecule has 1 amide bonds. The molecule has 0 unspecified atom stereocenters. The number of carbonyl (C=O) groups excluding carboxylic acids is 1. The van der Waals surface area contributed by atoms with Crippen LogP contribution in [0.1, 0.15) is 39.2 Å². The molecule has 0 aliphatic carbocycles. The lowest BCUT2D eigenvalue weighted by Gasteiger charge is -2.38. The summed E-state index contributed by atoms with van der Waals surface area (Å²) in [5.41, 5.74) is -2.39. The van der Waals surface area contributed by atoms with Crippen molar-refractivity contribution in [3.8, 4) is 0 Å². The minimum atomic E-state index is -4.89. The van der Waals surface area contributed by atoms with Crippen LogP contribution in [0, 0.1) is 10.1 Å². The Hall–Kier alpha value is -1.94. The van der Waals surface area contributed by atoms with Crippen molar-refractivity contribution in [2.24, 2.45) is 0 Å². The maximum Gasteiger partial charge on any atom is 0.423 e. The zero-order valence-electron chi connectivity index (χ0n) is 16.6. The molecule has 0 N–H and O–H groups in total. The highest BCUT2D eigenvalue weighted by atomic mass is 28.4. The molecule has 10 heteroatoms. The van der Waals surface area contributed by atoms with Crippen LogP contribution >= 0.6 is 0 Å². The quantitative estimate of drug-likeness (QED) is 0.377. The fraction of sp³-hybridized carbons (Fsp3) is 0.611. The van der Waals surface area contributed by atoms with Gasteiger partial charge < -0.3 is 9.33 Å². The van der Waals surface area contributed by atoms with Gasteiger partial charge in [-0.25, -0.2) is 0 Å². The molecule has 1 fully saturated rings. The van der Waals surface area contributed by atoms with E-state index in [1.54, 1.807) is 0 Å². The topological polar surface area (TPSA) is 72.7 Å². The first kappa shape index (κ1) is 22.3. The first-order valence-electron chi connectivity index (χ1n) is 8.97. The molecule has 0 bridgehead atoms. The summed E-state index contributed by atoms with van der Waals surface area (Å²) >= 11 is 0. The Morgan fingerprint density at radius 1 is 1.29 bits per heavy atom. The van der Waals surface area contributed by atoms with Gasteiger partial charge in [0.2, 0.25) is 5.91 Å². The first-order valence-corrected chi connectivity index (χ1v) is 11.9. The van der Waals surface area contributed by atoms with Crippen LogP contribution in [0.4, 0.5) is 24.5 Å². The smallest absolute Gasteiger partial charge is 0.415 e. The average Bonchev–Trinajstić information content (AvgIpc) is 2.91. The van der Waals surface area contributed by atoms with E-state index in [1.807, 2.05) is 0 Å². The molecule has 2 rings (SSSR count). The molecule has 1 aromatic carbocycles. The zero-order valence-corrected chi connectivity index (χ0v) is 17.6. The van der Waals surface area contributed by atoms with Crippen molar-refractivity contribution in [1.29, 1.82) is 0 Å². The number of hydrogen-bond donors (Lipinski definition) is 0. The summed E-state index contributed by atoms with van der Waals surface area (Å²) in [5.74, 6) is -0.314. The van der Waals surface area contributed by atoms with Gasteiger partial charge in [-0.05, 0) is 36.7 Å². The summed E-state index contributed by atoms with van der Waals surface area (Å²) < 4.78 is 46.0. The number of alkyl halides is 3. The number of rotatable bonds is 5. The summed E-state index contributed by atoms with van der Waals surface area (Å²) in [7, 11) is -2.10. The molecule has 1 heterocycles. The molecule has 0 saturated carbocycles. The van der Waals surface area contributed by atoms with Gasteiger partial charge in [0.05, 0.1) is 17.6 Å². The van der Waals surface area contributed by atoms with Gasteiger partial charge >= 0.3 is 6.18 Å². The van der Waals surface area contributed by atoms with Gasteiger partial charge in [-0.15, -0.1) is 0 Å². The molecule has 1 aromatic rings. The monoisotopic (exact) mass is 418 g/mol. The minimum absolute atomic E-state index is 0.00394. The number of hydrogen-bond acceptors (Lipinski definition) is 4. The fourth-order valence-corrected chi connectivity index (χ4v) is 3.88. The number of anilines is 1. The number of nitrogens with zero attached hydrogens (tertiary/aromatic N) is 2. The fourth-order valence-electron chi connectivity index (χ4n) is 2.84. The average molecular weight is 418 g/mol. The SMILES string of the molecule is CC(C)(C)[Si](C)(C)OC[C@H]1CCC(=O)N1c1ccc([N+](=O)[O-])c(C(F)(F)F)c1. The molecule has 1 aliphatic heterocycles. The third-order valence-corrected chi connectivity index (χ3v) is 10.0. The maximum atomic E-state index is 13.3. The van der Waals surface area contributed by atoms with Crippen molar-refractivity contribution in [3.63, 3.8) is 0 Å². The zero-order chi connectivity index (χ0) is 21.5. The third kappa shape index (κ3) is 4.54. The second kappa shape index (κ2) is 7.47. The van der Waals surface area contributed by atoms with E-state index in [0.29, 0.717) is 12.5 Å². The molecular weight excluding hydrogens is 393 g/mol. The molecule has 0 aromatic heterocycles. The van der Waals surface area contributed by atoms with Crippen molar-refractivity contribution in [2.45, 2.75) is 64.0 Å². The van der Waals surface area contributed by atoms with E-state index in [4.69, 9.17) is 4.43 Å². The van der Waals surface area contributed by atoms with Gasteiger partial charge in [-0.2, -0.15) is 13.2 Å². The van der Waals surface area contributed by atoms with Crippen molar-refractivity contribution in [1.82, 2.24) is 0 Å². The number of amides is 1. The van der Waals surface area contributed by atoms with E-state index in [2.05, 4.69) is 33.9 Å². The van der Waals surface area contributed by atoms with Crippen molar-refractivity contribution < 1.29 is 27.3 Å². The van der Waals surface area contributed by atoms with Gasteiger partial charge in [0.25, 0.3) is 5.69 Å². The van der Waals surface area contributed by atoms with Crippen LogP contribution in [0.25, 0.3) is 0 Å². The second-order valence-electron chi connectivity index (χ2n) is 8.48. The van der Waals surface area contributed by atoms with Gasteiger partial charge in [0.15, 0.2) is 8.32 Å². The van der Waals surface area contributed by atoms with E-state index >= 15 is 0 Å². The van der Waals surface area contributed by atoms with Crippen LogP contribution in [0.5, 0.6) is 0 Å². The van der Waals surface area contributed by atoms with Crippen LogP contribution in [0.15, 0.2) is 18.2 Å². The number of benzene rings is 1. The molecule has 1 saturated heterocycles. The molecular formula is C18H25F3N2O4Si. The van der Waals surface area contributed by atoms with Crippen LogP contribution < -0.4 is 4.90 Å². The molecule has 6 nitrogen and oxygen atoms in total. The largest absolute Gasteiger partial charge is 0.423 e. The molecule has 0 spiro atoms. The highest BCUT2D eigenvalue weighted by Gasteiger charge is 2.42. The van der Waals surface area contributed by atoms with Crippen LogP contribution in [0.3, 0.4) is 0 Å². The number of nitro benzene ring substituents is 1. The highest BCUT2D eigenvalue weighted by molar-refractivity contribution is 6.74. The van der Waals surface area contributed by atoms with Gasteiger partial charge in [-0.1, -0.05) is 20.8 Å². The normalized spacial score (nSPS) is 18.6. The van der Waals surface area contributed by atoms with Crippen LogP contribution in [-0.4, -0.2) is 31.8 Å². The van der Waals surface area contributed by atoms with E-state index in [-0.39, 0.29) is 29.7 Å². The number of halogens is 3. The Balaban J connectivity index is 2.34. The predicted molar refractivity (Wildman–Crippen MR) is 102 cm³/mol. The van der Waals surface area contributed by atoms with Crippen LogP contribution in [0.2, 0.25) is 18.1 Å². The molecule has 0 radical (unpaired) electrons. The summed E-state index contributed by atoms with van der Waals surface area (Å²) in [6, 6.07) is 2.27. The van der Waals surface area contributed by atoms with E-state index < -0.39 is 36.7 Å². The van der Waals surface area contributed by atoms with E-state index in [9.17, 15) is 28.1 Å². The first-order chi connectivity index (χ1) is 12.6. The minimum Gasteiger partial charge on any atom is -0.415 e. The Morgan fingerprint density at radius 3 is 2.39 bits per heavy atom. The van der Waals surface area contributed by atoms with E-state index in [0.717, 1.165) is 6.07 Å².